The average molecular weight is 282 g/mol. The number of carbonyl (C=O) groups is 2. The van der Waals surface area contributed by atoms with Crippen molar-refractivity contribution in [3.63, 3.8) is 0 Å². The second-order valence-corrected chi connectivity index (χ2v) is 7.10. The van der Waals surface area contributed by atoms with Gasteiger partial charge >= 0.3 is 0 Å². The lowest BCUT2D eigenvalue weighted by molar-refractivity contribution is -0.165. The minimum atomic E-state index is -0.853. The minimum absolute atomic E-state index is 0.0179. The molecule has 0 saturated carbocycles. The summed E-state index contributed by atoms with van der Waals surface area (Å²) in [5, 5.41) is 2.85. The number of nitrogens with zero attached hydrogens (tertiary/aromatic N) is 1. The minimum Gasteiger partial charge on any atom is -0.376 e. The van der Waals surface area contributed by atoms with Crippen LogP contribution in [0.5, 0.6) is 0 Å². The smallest absolute Gasteiger partial charge is 0.248 e. The zero-order valence-electron chi connectivity index (χ0n) is 13.3. The van der Waals surface area contributed by atoms with E-state index >= 15 is 0 Å². The molecule has 2 fully saturated rings. The monoisotopic (exact) mass is 282 g/mol. The Morgan fingerprint density at radius 3 is 2.35 bits per heavy atom. The van der Waals surface area contributed by atoms with Crippen LogP contribution in [0.4, 0.5) is 0 Å². The van der Waals surface area contributed by atoms with Gasteiger partial charge in [0, 0.05) is 6.61 Å². The molecule has 2 rings (SSSR count). The van der Waals surface area contributed by atoms with Crippen LogP contribution in [0.1, 0.15) is 48.0 Å². The summed E-state index contributed by atoms with van der Waals surface area (Å²) in [6, 6.07) is -0.426. The molecule has 2 saturated heterocycles. The number of piperazine rings is 1. The fraction of sp³-hybridized carbons (Fsp3) is 0.867. The molecule has 0 aliphatic carbocycles. The molecule has 3 unspecified atom stereocenters. The van der Waals surface area contributed by atoms with Crippen LogP contribution in [0, 0.1) is 5.92 Å². The van der Waals surface area contributed by atoms with Crippen LogP contribution < -0.4 is 5.32 Å². The van der Waals surface area contributed by atoms with E-state index in [0.29, 0.717) is 6.61 Å². The van der Waals surface area contributed by atoms with E-state index in [0.717, 1.165) is 6.42 Å². The van der Waals surface area contributed by atoms with Crippen LogP contribution in [-0.4, -0.2) is 46.5 Å². The second-order valence-electron chi connectivity index (χ2n) is 7.10. The first-order valence-electron chi connectivity index (χ1n) is 7.38. The SMILES string of the molecule is CC(C)C1C(=O)NC(C)(C)C(=O)N1C1(C)CCOC1C. The largest absolute Gasteiger partial charge is 0.376 e. The van der Waals surface area contributed by atoms with Crippen LogP contribution in [0.25, 0.3) is 0 Å². The van der Waals surface area contributed by atoms with Crippen molar-refractivity contribution in [3.8, 4) is 0 Å². The molecular formula is C15H26N2O3. The summed E-state index contributed by atoms with van der Waals surface area (Å²) >= 11 is 0. The maximum absolute atomic E-state index is 12.9. The van der Waals surface area contributed by atoms with E-state index in [2.05, 4.69) is 5.32 Å². The quantitative estimate of drug-likeness (QED) is 0.831. The van der Waals surface area contributed by atoms with Gasteiger partial charge in [0.05, 0.1) is 11.6 Å². The number of rotatable bonds is 2. The highest BCUT2D eigenvalue weighted by atomic mass is 16.5. The topological polar surface area (TPSA) is 58.6 Å². The molecule has 0 bridgehead atoms. The molecule has 0 spiro atoms. The Morgan fingerprint density at radius 1 is 1.30 bits per heavy atom. The third-order valence-corrected chi connectivity index (χ3v) is 4.77. The molecule has 2 heterocycles. The number of hydrogen-bond acceptors (Lipinski definition) is 3. The lowest BCUT2D eigenvalue weighted by atomic mass is 9.82. The van der Waals surface area contributed by atoms with E-state index in [1.807, 2.05) is 27.7 Å². The van der Waals surface area contributed by atoms with Gasteiger partial charge in [0.2, 0.25) is 11.8 Å². The highest BCUT2D eigenvalue weighted by Crippen LogP contribution is 2.38. The lowest BCUT2D eigenvalue weighted by Crippen LogP contribution is -2.74. The molecule has 0 aromatic carbocycles. The van der Waals surface area contributed by atoms with Crippen molar-refractivity contribution < 1.29 is 14.3 Å². The first-order chi connectivity index (χ1) is 9.11. The Bertz CT molecular complexity index is 433. The summed E-state index contributed by atoms with van der Waals surface area (Å²) < 4.78 is 5.68. The van der Waals surface area contributed by atoms with Gasteiger partial charge in [-0.3, -0.25) is 9.59 Å². The highest BCUT2D eigenvalue weighted by molar-refractivity contribution is 6.00. The van der Waals surface area contributed by atoms with Gasteiger partial charge in [0.1, 0.15) is 11.6 Å². The third kappa shape index (κ3) is 2.12. The molecule has 0 aromatic heterocycles. The van der Waals surface area contributed by atoms with Gasteiger partial charge in [-0.05, 0) is 40.0 Å². The lowest BCUT2D eigenvalue weighted by Gasteiger charge is -2.52. The maximum Gasteiger partial charge on any atom is 0.248 e. The van der Waals surface area contributed by atoms with E-state index in [1.165, 1.54) is 0 Å². The van der Waals surface area contributed by atoms with Crippen molar-refractivity contribution in [1.82, 2.24) is 10.2 Å². The van der Waals surface area contributed by atoms with Crippen LogP contribution in [-0.2, 0) is 14.3 Å². The van der Waals surface area contributed by atoms with Crippen molar-refractivity contribution in [2.45, 2.75) is 71.2 Å². The summed E-state index contributed by atoms with van der Waals surface area (Å²) in [5.74, 6) is -0.0137. The molecule has 2 amide bonds. The van der Waals surface area contributed by atoms with Crippen LogP contribution in [0.3, 0.4) is 0 Å². The molecule has 5 heteroatoms. The summed E-state index contributed by atoms with van der Waals surface area (Å²) in [5.41, 5.74) is -1.27. The van der Waals surface area contributed by atoms with E-state index < -0.39 is 17.1 Å². The Kier molecular flexibility index (Phi) is 3.61. The predicted molar refractivity (Wildman–Crippen MR) is 76.1 cm³/mol. The number of hydrogen-bond donors (Lipinski definition) is 1. The van der Waals surface area contributed by atoms with Crippen molar-refractivity contribution in [3.05, 3.63) is 0 Å². The number of ether oxygens (including phenoxy) is 1. The van der Waals surface area contributed by atoms with E-state index in [9.17, 15) is 9.59 Å². The summed E-state index contributed by atoms with van der Waals surface area (Å²) in [6.07, 6.45) is 0.710. The van der Waals surface area contributed by atoms with Gasteiger partial charge in [0.25, 0.3) is 0 Å². The zero-order valence-corrected chi connectivity index (χ0v) is 13.3. The first-order valence-corrected chi connectivity index (χ1v) is 7.38. The number of amides is 2. The average Bonchev–Trinajstić information content (AvgIpc) is 2.63. The maximum atomic E-state index is 12.9. The molecular weight excluding hydrogens is 256 g/mol. The van der Waals surface area contributed by atoms with Crippen molar-refractivity contribution in [2.75, 3.05) is 6.61 Å². The van der Waals surface area contributed by atoms with Gasteiger partial charge in [-0.15, -0.1) is 0 Å². The van der Waals surface area contributed by atoms with E-state index in [-0.39, 0.29) is 23.8 Å². The molecule has 5 nitrogen and oxygen atoms in total. The second kappa shape index (κ2) is 4.72. The predicted octanol–water partition coefficient (Wildman–Crippen LogP) is 1.32. The summed E-state index contributed by atoms with van der Waals surface area (Å²) in [6.45, 7) is 12.1. The van der Waals surface area contributed by atoms with Gasteiger partial charge in [-0.2, -0.15) is 0 Å². The van der Waals surface area contributed by atoms with Gasteiger partial charge in [0.15, 0.2) is 0 Å². The highest BCUT2D eigenvalue weighted by Gasteiger charge is 2.55. The molecule has 1 N–H and O–H groups in total. The Balaban J connectivity index is 2.48. The fourth-order valence-electron chi connectivity index (χ4n) is 3.27. The van der Waals surface area contributed by atoms with E-state index in [4.69, 9.17) is 4.74 Å². The standard InChI is InChI=1S/C15H26N2O3/c1-9(2)11-12(18)16-14(4,5)13(19)17(11)15(6)7-8-20-10(15)3/h9-11H,7-8H2,1-6H3,(H,16,18). The van der Waals surface area contributed by atoms with E-state index in [1.54, 1.807) is 18.7 Å². The van der Waals surface area contributed by atoms with Crippen molar-refractivity contribution >= 4 is 11.8 Å². The normalized spacial score (nSPS) is 37.5. The molecule has 20 heavy (non-hydrogen) atoms. The number of nitrogens with one attached hydrogen (secondary N) is 1. The Hall–Kier alpha value is -1.10. The molecule has 0 radical (unpaired) electrons. The summed E-state index contributed by atoms with van der Waals surface area (Å²) in [4.78, 5) is 27.2. The van der Waals surface area contributed by atoms with Crippen molar-refractivity contribution in [2.24, 2.45) is 5.92 Å². The third-order valence-electron chi connectivity index (χ3n) is 4.77. The molecule has 3 atom stereocenters. The van der Waals surface area contributed by atoms with Crippen LogP contribution >= 0.6 is 0 Å². The van der Waals surface area contributed by atoms with Crippen LogP contribution in [0.2, 0.25) is 0 Å². The summed E-state index contributed by atoms with van der Waals surface area (Å²) in [7, 11) is 0. The Labute approximate surface area is 121 Å². The van der Waals surface area contributed by atoms with Gasteiger partial charge < -0.3 is 15.0 Å². The van der Waals surface area contributed by atoms with Crippen LogP contribution in [0.15, 0.2) is 0 Å². The first kappa shape index (κ1) is 15.3. The fourth-order valence-corrected chi connectivity index (χ4v) is 3.27. The molecule has 114 valence electrons. The zero-order chi connectivity index (χ0) is 15.3. The van der Waals surface area contributed by atoms with Crippen molar-refractivity contribution in [1.29, 1.82) is 0 Å². The Morgan fingerprint density at radius 2 is 1.90 bits per heavy atom. The molecule has 2 aliphatic rings. The molecule has 2 aliphatic heterocycles. The van der Waals surface area contributed by atoms with Gasteiger partial charge in [-0.25, -0.2) is 0 Å². The molecule has 0 aromatic rings. The number of carbonyl (C=O) groups excluding carboxylic acids is 2. The van der Waals surface area contributed by atoms with Gasteiger partial charge in [-0.1, -0.05) is 13.8 Å².